The number of aromatic carboxylic acids is 1. The first-order chi connectivity index (χ1) is 14.2. The van der Waals surface area contributed by atoms with Gasteiger partial charge in [0.2, 0.25) is 5.91 Å². The zero-order chi connectivity index (χ0) is 21.9. The van der Waals surface area contributed by atoms with Crippen molar-refractivity contribution in [3.05, 3.63) is 88.1 Å². The van der Waals surface area contributed by atoms with Crippen molar-refractivity contribution in [2.24, 2.45) is 5.73 Å². The minimum Gasteiger partial charge on any atom is -0.478 e. The molecule has 0 bridgehead atoms. The number of para-hydroxylation sites is 1. The van der Waals surface area contributed by atoms with Gasteiger partial charge in [-0.25, -0.2) is 4.79 Å². The van der Waals surface area contributed by atoms with Gasteiger partial charge < -0.3 is 20.9 Å². The summed E-state index contributed by atoms with van der Waals surface area (Å²) in [5.74, 6) is -1.59. The van der Waals surface area contributed by atoms with Crippen molar-refractivity contribution in [3.63, 3.8) is 0 Å². The second-order valence-corrected chi connectivity index (χ2v) is 8.12. The van der Waals surface area contributed by atoms with Crippen LogP contribution in [0.15, 0.2) is 71.4 Å². The molecule has 8 heteroatoms. The topological polar surface area (TPSA) is 102 Å². The first-order valence-electron chi connectivity index (χ1n) is 9.07. The van der Waals surface area contributed by atoms with E-state index in [9.17, 15) is 14.7 Å². The number of carboxylic acids is 1. The third-order valence-corrected chi connectivity index (χ3v) is 5.46. The summed E-state index contributed by atoms with van der Waals surface area (Å²) in [6.45, 7) is 1.92. The summed E-state index contributed by atoms with van der Waals surface area (Å²) < 4.78 is 5.99. The zero-order valence-electron chi connectivity index (χ0n) is 16.1. The molecule has 0 spiro atoms. The number of nitrogens with one attached hydrogen (secondary N) is 1. The SMILES string of the molecule is CC1(Cl)C(Nc2ccccc2C(=O)O)=C(Cl)C=CC1OCc1cccc(C(N)=O)c1. The molecule has 0 fully saturated rings. The quantitative estimate of drug-likeness (QED) is 0.543. The Morgan fingerprint density at radius 3 is 2.67 bits per heavy atom. The number of primary amides is 1. The van der Waals surface area contributed by atoms with Gasteiger partial charge in [-0.15, -0.1) is 11.6 Å². The lowest BCUT2D eigenvalue weighted by molar-refractivity contribution is 0.0543. The number of carbonyl (C=O) groups excluding carboxylic acids is 1. The first-order valence-corrected chi connectivity index (χ1v) is 9.83. The first kappa shape index (κ1) is 21.9. The van der Waals surface area contributed by atoms with E-state index in [0.29, 0.717) is 22.0 Å². The van der Waals surface area contributed by atoms with Gasteiger partial charge in [0, 0.05) is 5.56 Å². The predicted octanol–water partition coefficient (Wildman–Crippen LogP) is 4.50. The number of benzene rings is 2. The summed E-state index contributed by atoms with van der Waals surface area (Å²) in [6.07, 6.45) is 2.82. The number of allylic oxidation sites excluding steroid dienone is 2. The fraction of sp³-hybridized carbons (Fsp3) is 0.182. The summed E-state index contributed by atoms with van der Waals surface area (Å²) in [5, 5.41) is 12.8. The number of carbonyl (C=O) groups is 2. The number of rotatable bonds is 7. The number of hydrogen-bond donors (Lipinski definition) is 3. The van der Waals surface area contributed by atoms with Gasteiger partial charge in [0.1, 0.15) is 11.0 Å². The Hall–Kier alpha value is -2.80. The normalized spacial score (nSPS) is 20.8. The Balaban J connectivity index is 1.81. The third-order valence-electron chi connectivity index (χ3n) is 4.74. The lowest BCUT2D eigenvalue weighted by Crippen LogP contribution is -2.41. The summed E-state index contributed by atoms with van der Waals surface area (Å²) >= 11 is 13.2. The largest absolute Gasteiger partial charge is 0.478 e. The van der Waals surface area contributed by atoms with Crippen LogP contribution in [0.4, 0.5) is 5.69 Å². The lowest BCUT2D eigenvalue weighted by Gasteiger charge is -2.36. The Morgan fingerprint density at radius 1 is 1.23 bits per heavy atom. The maximum absolute atomic E-state index is 11.5. The highest BCUT2D eigenvalue weighted by Crippen LogP contribution is 2.39. The molecule has 4 N–H and O–H groups in total. The van der Waals surface area contributed by atoms with Crippen molar-refractivity contribution in [2.75, 3.05) is 5.32 Å². The van der Waals surface area contributed by atoms with Crippen LogP contribution in [-0.4, -0.2) is 28.0 Å². The van der Waals surface area contributed by atoms with Crippen LogP contribution in [0, 0.1) is 0 Å². The van der Waals surface area contributed by atoms with E-state index in [1.165, 1.54) is 6.07 Å². The molecule has 1 aliphatic carbocycles. The van der Waals surface area contributed by atoms with E-state index in [1.54, 1.807) is 55.5 Å². The van der Waals surface area contributed by atoms with Crippen molar-refractivity contribution < 1.29 is 19.4 Å². The van der Waals surface area contributed by atoms with Crippen LogP contribution in [0.3, 0.4) is 0 Å². The third kappa shape index (κ3) is 4.67. The van der Waals surface area contributed by atoms with E-state index in [1.807, 2.05) is 6.07 Å². The number of ether oxygens (including phenoxy) is 1. The van der Waals surface area contributed by atoms with Crippen molar-refractivity contribution in [1.29, 1.82) is 0 Å². The highest BCUT2D eigenvalue weighted by atomic mass is 35.5. The van der Waals surface area contributed by atoms with Crippen LogP contribution in [0.25, 0.3) is 0 Å². The van der Waals surface area contributed by atoms with Crippen LogP contribution in [-0.2, 0) is 11.3 Å². The number of carboxylic acid groups (broad SMARTS) is 1. The molecular weight excluding hydrogens is 427 g/mol. The van der Waals surface area contributed by atoms with E-state index < -0.39 is 22.9 Å². The van der Waals surface area contributed by atoms with Crippen molar-refractivity contribution in [1.82, 2.24) is 0 Å². The molecular formula is C22H20Cl2N2O4. The average Bonchev–Trinajstić information content (AvgIpc) is 2.71. The van der Waals surface area contributed by atoms with Crippen molar-refractivity contribution in [3.8, 4) is 0 Å². The van der Waals surface area contributed by atoms with Crippen molar-refractivity contribution >= 4 is 40.8 Å². The van der Waals surface area contributed by atoms with E-state index in [0.717, 1.165) is 5.56 Å². The van der Waals surface area contributed by atoms with Crippen LogP contribution in [0.2, 0.25) is 0 Å². The molecule has 6 nitrogen and oxygen atoms in total. The highest BCUT2D eigenvalue weighted by molar-refractivity contribution is 6.34. The molecule has 1 amide bonds. The van der Waals surface area contributed by atoms with Crippen molar-refractivity contribution in [2.45, 2.75) is 24.5 Å². The summed E-state index contributed by atoms with van der Waals surface area (Å²) in [6, 6.07) is 13.3. The van der Waals surface area contributed by atoms with Crippen LogP contribution in [0.1, 0.15) is 33.2 Å². The molecule has 0 saturated carbocycles. The number of anilines is 1. The number of amides is 1. The average molecular weight is 447 g/mol. The van der Waals surface area contributed by atoms with E-state index >= 15 is 0 Å². The summed E-state index contributed by atoms with van der Waals surface area (Å²) in [7, 11) is 0. The van der Waals surface area contributed by atoms with Gasteiger partial charge in [-0.3, -0.25) is 4.79 Å². The van der Waals surface area contributed by atoms with E-state index in [2.05, 4.69) is 5.32 Å². The monoisotopic (exact) mass is 446 g/mol. The molecule has 0 aromatic heterocycles. The van der Waals surface area contributed by atoms with Crippen LogP contribution < -0.4 is 11.1 Å². The lowest BCUT2D eigenvalue weighted by atomic mass is 9.93. The smallest absolute Gasteiger partial charge is 0.337 e. The Morgan fingerprint density at radius 2 is 1.97 bits per heavy atom. The predicted molar refractivity (Wildman–Crippen MR) is 117 cm³/mol. The number of hydrogen-bond acceptors (Lipinski definition) is 4. The Labute approximate surface area is 183 Å². The van der Waals surface area contributed by atoms with Gasteiger partial charge in [-0.1, -0.05) is 41.9 Å². The van der Waals surface area contributed by atoms with E-state index in [-0.39, 0.29) is 12.2 Å². The van der Waals surface area contributed by atoms with E-state index in [4.69, 9.17) is 33.7 Å². The number of alkyl halides is 1. The van der Waals surface area contributed by atoms with Gasteiger partial charge in [0.05, 0.1) is 28.6 Å². The highest BCUT2D eigenvalue weighted by Gasteiger charge is 2.40. The second kappa shape index (κ2) is 8.92. The Bertz CT molecular complexity index is 1050. The maximum atomic E-state index is 11.5. The fourth-order valence-electron chi connectivity index (χ4n) is 3.12. The maximum Gasteiger partial charge on any atom is 0.337 e. The Kier molecular flexibility index (Phi) is 6.51. The van der Waals surface area contributed by atoms with Crippen LogP contribution >= 0.6 is 23.2 Å². The second-order valence-electron chi connectivity index (χ2n) is 6.93. The minimum absolute atomic E-state index is 0.0946. The molecule has 0 heterocycles. The molecule has 0 radical (unpaired) electrons. The molecule has 0 saturated heterocycles. The molecule has 2 atom stereocenters. The van der Waals surface area contributed by atoms with Gasteiger partial charge in [-0.2, -0.15) is 0 Å². The zero-order valence-corrected chi connectivity index (χ0v) is 17.6. The van der Waals surface area contributed by atoms with Crippen LogP contribution in [0.5, 0.6) is 0 Å². The van der Waals surface area contributed by atoms with Gasteiger partial charge in [-0.05, 0) is 42.8 Å². The number of nitrogens with two attached hydrogens (primary N) is 1. The summed E-state index contributed by atoms with van der Waals surface area (Å²) in [5.41, 5.74) is 7.37. The molecule has 30 heavy (non-hydrogen) atoms. The van der Waals surface area contributed by atoms with Gasteiger partial charge >= 0.3 is 5.97 Å². The molecule has 1 aliphatic rings. The summed E-state index contributed by atoms with van der Waals surface area (Å²) in [4.78, 5) is 21.8. The molecule has 2 aromatic carbocycles. The molecule has 3 rings (SSSR count). The molecule has 156 valence electrons. The standard InChI is InChI=1S/C22H20Cl2N2O4/c1-22(24)18(30-12-13-5-4-6-14(11-13)20(25)27)10-9-16(23)19(22)26-17-8-3-2-7-15(17)21(28)29/h2-11,18,26H,12H2,1H3,(H2,25,27)(H,28,29). The minimum atomic E-state index is -1.10. The number of halogens is 2. The fourth-order valence-corrected chi connectivity index (χ4v) is 3.77. The van der Waals surface area contributed by atoms with Gasteiger partial charge in [0.25, 0.3) is 0 Å². The molecule has 0 aliphatic heterocycles. The molecule has 2 unspecified atom stereocenters. The van der Waals surface area contributed by atoms with Gasteiger partial charge in [0.15, 0.2) is 0 Å². The molecule has 2 aromatic rings.